The van der Waals surface area contributed by atoms with Crippen molar-refractivity contribution in [1.82, 2.24) is 9.97 Å². The van der Waals surface area contributed by atoms with Crippen LogP contribution in [0.5, 0.6) is 0 Å². The predicted octanol–water partition coefficient (Wildman–Crippen LogP) is 1.47. The zero-order valence-electron chi connectivity index (χ0n) is 11.2. The number of nitrogens with zero attached hydrogens (tertiary/aromatic N) is 3. The van der Waals surface area contributed by atoms with Crippen molar-refractivity contribution in [3.8, 4) is 0 Å². The highest BCUT2D eigenvalue weighted by Crippen LogP contribution is 2.16. The van der Waals surface area contributed by atoms with E-state index in [1.165, 1.54) is 0 Å². The van der Waals surface area contributed by atoms with Crippen LogP contribution in [0.4, 0.5) is 11.6 Å². The number of anilines is 2. The van der Waals surface area contributed by atoms with Gasteiger partial charge in [0, 0.05) is 31.2 Å². The molecule has 96 valence electrons. The molecule has 0 bridgehead atoms. The third kappa shape index (κ3) is 3.85. The van der Waals surface area contributed by atoms with E-state index in [1.54, 1.807) is 6.33 Å². The smallest absolute Gasteiger partial charge is 0.134 e. The Bertz CT molecular complexity index is 347. The molecule has 0 unspecified atom stereocenters. The third-order valence-corrected chi connectivity index (χ3v) is 2.72. The van der Waals surface area contributed by atoms with Gasteiger partial charge in [0.1, 0.15) is 18.0 Å². The minimum Gasteiger partial charge on any atom is -0.364 e. The molecule has 5 nitrogen and oxygen atoms in total. The van der Waals surface area contributed by atoms with Crippen molar-refractivity contribution < 1.29 is 0 Å². The summed E-state index contributed by atoms with van der Waals surface area (Å²) in [6, 6.07) is 1.96. The topological polar surface area (TPSA) is 67.1 Å². The van der Waals surface area contributed by atoms with E-state index in [4.69, 9.17) is 5.73 Å². The molecule has 1 aromatic heterocycles. The first-order chi connectivity index (χ1) is 8.02. The molecular weight excluding hydrogens is 214 g/mol. The van der Waals surface area contributed by atoms with E-state index in [9.17, 15) is 0 Å². The maximum absolute atomic E-state index is 5.69. The summed E-state index contributed by atoms with van der Waals surface area (Å²) < 4.78 is 0. The number of nitrogens with two attached hydrogens (primary N) is 1. The fraction of sp³-hybridized carbons (Fsp3) is 0.667. The first kappa shape index (κ1) is 13.7. The second-order valence-corrected chi connectivity index (χ2v) is 4.65. The summed E-state index contributed by atoms with van der Waals surface area (Å²) in [6.45, 7) is 10.8. The van der Waals surface area contributed by atoms with E-state index in [1.807, 2.05) is 19.9 Å². The van der Waals surface area contributed by atoms with E-state index < -0.39 is 0 Å². The summed E-state index contributed by atoms with van der Waals surface area (Å²) in [5.74, 6) is 1.76. The van der Waals surface area contributed by atoms with Crippen molar-refractivity contribution >= 4 is 11.6 Å². The van der Waals surface area contributed by atoms with Crippen LogP contribution in [0.2, 0.25) is 0 Å². The van der Waals surface area contributed by atoms with Gasteiger partial charge >= 0.3 is 0 Å². The lowest BCUT2D eigenvalue weighted by molar-refractivity contribution is 0.577. The summed E-state index contributed by atoms with van der Waals surface area (Å²) in [5, 5.41) is 3.31. The van der Waals surface area contributed by atoms with E-state index in [-0.39, 0.29) is 5.54 Å². The van der Waals surface area contributed by atoms with Gasteiger partial charge in [-0.2, -0.15) is 0 Å². The molecule has 1 aromatic rings. The van der Waals surface area contributed by atoms with Crippen LogP contribution in [0.1, 0.15) is 27.7 Å². The average Bonchev–Trinajstić information content (AvgIpc) is 2.31. The van der Waals surface area contributed by atoms with Crippen molar-refractivity contribution in [3.63, 3.8) is 0 Å². The molecular formula is C12H23N5. The number of rotatable bonds is 6. The minimum atomic E-state index is -0.158. The first-order valence-corrected chi connectivity index (χ1v) is 6.07. The van der Waals surface area contributed by atoms with Crippen LogP contribution >= 0.6 is 0 Å². The standard InChI is InChI=1S/C12H23N5/c1-5-17(6-2)11-7-10(14-9-15-11)16-12(3,4)8-13/h7,9H,5-6,8,13H2,1-4H3,(H,14,15,16). The van der Waals surface area contributed by atoms with Gasteiger partial charge in [0.15, 0.2) is 0 Å². The second kappa shape index (κ2) is 5.82. The third-order valence-electron chi connectivity index (χ3n) is 2.72. The molecule has 5 heteroatoms. The van der Waals surface area contributed by atoms with Crippen LogP contribution in [0.15, 0.2) is 12.4 Å². The van der Waals surface area contributed by atoms with E-state index in [2.05, 4.69) is 34.0 Å². The molecule has 0 spiro atoms. The van der Waals surface area contributed by atoms with Crippen molar-refractivity contribution in [2.75, 3.05) is 29.9 Å². The zero-order chi connectivity index (χ0) is 12.9. The predicted molar refractivity (Wildman–Crippen MR) is 72.3 cm³/mol. The van der Waals surface area contributed by atoms with Gasteiger partial charge in [-0.1, -0.05) is 0 Å². The van der Waals surface area contributed by atoms with Gasteiger partial charge in [-0.3, -0.25) is 0 Å². The highest BCUT2D eigenvalue weighted by Gasteiger charge is 2.16. The fourth-order valence-electron chi connectivity index (χ4n) is 1.53. The highest BCUT2D eigenvalue weighted by atomic mass is 15.2. The van der Waals surface area contributed by atoms with Crippen LogP contribution < -0.4 is 16.0 Å². The SMILES string of the molecule is CCN(CC)c1cc(NC(C)(C)CN)ncn1. The molecule has 17 heavy (non-hydrogen) atoms. The van der Waals surface area contributed by atoms with Gasteiger partial charge in [-0.05, 0) is 27.7 Å². The maximum Gasteiger partial charge on any atom is 0.134 e. The number of hydrogen-bond acceptors (Lipinski definition) is 5. The van der Waals surface area contributed by atoms with E-state index >= 15 is 0 Å². The van der Waals surface area contributed by atoms with Gasteiger partial charge in [0.05, 0.1) is 0 Å². The Labute approximate surface area is 103 Å². The van der Waals surface area contributed by atoms with Crippen molar-refractivity contribution in [2.24, 2.45) is 5.73 Å². The molecule has 0 atom stereocenters. The van der Waals surface area contributed by atoms with Crippen LogP contribution in [-0.2, 0) is 0 Å². The molecule has 0 radical (unpaired) electrons. The lowest BCUT2D eigenvalue weighted by atomic mass is 10.1. The summed E-state index contributed by atoms with van der Waals surface area (Å²) in [4.78, 5) is 10.7. The van der Waals surface area contributed by atoms with E-state index in [0.29, 0.717) is 6.54 Å². The monoisotopic (exact) mass is 237 g/mol. The van der Waals surface area contributed by atoms with Crippen molar-refractivity contribution in [1.29, 1.82) is 0 Å². The fourth-order valence-corrected chi connectivity index (χ4v) is 1.53. The summed E-state index contributed by atoms with van der Waals surface area (Å²) in [7, 11) is 0. The summed E-state index contributed by atoms with van der Waals surface area (Å²) >= 11 is 0. The Kier molecular flexibility index (Phi) is 4.69. The number of hydrogen-bond donors (Lipinski definition) is 2. The normalized spacial score (nSPS) is 11.4. The largest absolute Gasteiger partial charge is 0.364 e. The Morgan fingerprint density at radius 3 is 2.47 bits per heavy atom. The van der Waals surface area contributed by atoms with Crippen molar-refractivity contribution in [3.05, 3.63) is 12.4 Å². The second-order valence-electron chi connectivity index (χ2n) is 4.65. The Hall–Kier alpha value is -1.36. The highest BCUT2D eigenvalue weighted by molar-refractivity contribution is 5.49. The zero-order valence-corrected chi connectivity index (χ0v) is 11.2. The molecule has 0 saturated carbocycles. The lowest BCUT2D eigenvalue weighted by Crippen LogP contribution is -2.39. The molecule has 3 N–H and O–H groups in total. The van der Waals surface area contributed by atoms with E-state index in [0.717, 1.165) is 24.7 Å². The maximum atomic E-state index is 5.69. The molecule has 1 rings (SSSR count). The summed E-state index contributed by atoms with van der Waals surface area (Å²) in [6.07, 6.45) is 1.59. The molecule has 0 aliphatic rings. The molecule has 0 amide bonds. The van der Waals surface area contributed by atoms with Gasteiger partial charge in [-0.15, -0.1) is 0 Å². The Morgan fingerprint density at radius 1 is 1.29 bits per heavy atom. The van der Waals surface area contributed by atoms with Gasteiger partial charge in [0.25, 0.3) is 0 Å². The molecule has 0 fully saturated rings. The minimum absolute atomic E-state index is 0.158. The first-order valence-electron chi connectivity index (χ1n) is 6.07. The van der Waals surface area contributed by atoms with Crippen LogP contribution in [-0.4, -0.2) is 35.1 Å². The Balaban J connectivity index is 2.86. The van der Waals surface area contributed by atoms with Gasteiger partial charge in [-0.25, -0.2) is 9.97 Å². The van der Waals surface area contributed by atoms with Gasteiger partial charge in [0.2, 0.25) is 0 Å². The van der Waals surface area contributed by atoms with Crippen LogP contribution in [0.3, 0.4) is 0 Å². The average molecular weight is 237 g/mol. The number of aromatic nitrogens is 2. The molecule has 0 aromatic carbocycles. The van der Waals surface area contributed by atoms with Crippen LogP contribution in [0.25, 0.3) is 0 Å². The van der Waals surface area contributed by atoms with Crippen molar-refractivity contribution in [2.45, 2.75) is 33.2 Å². The Morgan fingerprint density at radius 2 is 1.94 bits per heavy atom. The summed E-state index contributed by atoms with van der Waals surface area (Å²) in [5.41, 5.74) is 5.53. The molecule has 0 saturated heterocycles. The lowest BCUT2D eigenvalue weighted by Gasteiger charge is -2.26. The number of nitrogens with one attached hydrogen (secondary N) is 1. The van der Waals surface area contributed by atoms with Crippen LogP contribution in [0, 0.1) is 0 Å². The quantitative estimate of drug-likeness (QED) is 0.784. The van der Waals surface area contributed by atoms with Gasteiger partial charge < -0.3 is 16.0 Å². The molecule has 0 aliphatic heterocycles. The molecule has 1 heterocycles. The molecule has 0 aliphatic carbocycles.